The lowest BCUT2D eigenvalue weighted by atomic mass is 9.83. The topological polar surface area (TPSA) is 51.5 Å². The van der Waals surface area contributed by atoms with Crippen LogP contribution in [0.1, 0.15) is 17.5 Å². The maximum Gasteiger partial charge on any atom is 0.0701 e. The Morgan fingerprint density at radius 1 is 1.00 bits per heavy atom. The SMILES string of the molecule is COCCOCCOCCC1(C#N)Cc2ccccc2C1. The maximum atomic E-state index is 9.54. The molecule has 4 nitrogen and oxygen atoms in total. The summed E-state index contributed by atoms with van der Waals surface area (Å²) >= 11 is 0. The van der Waals surface area contributed by atoms with E-state index in [2.05, 4.69) is 18.2 Å². The summed E-state index contributed by atoms with van der Waals surface area (Å²) in [5.74, 6) is 0. The molecule has 0 bridgehead atoms. The predicted molar refractivity (Wildman–Crippen MR) is 80.0 cm³/mol. The van der Waals surface area contributed by atoms with Gasteiger partial charge in [-0.3, -0.25) is 0 Å². The number of methoxy groups -OCH3 is 1. The molecule has 0 saturated carbocycles. The highest BCUT2D eigenvalue weighted by Gasteiger charge is 2.36. The second-order valence-corrected chi connectivity index (χ2v) is 5.48. The van der Waals surface area contributed by atoms with Gasteiger partial charge in [0.2, 0.25) is 0 Å². The van der Waals surface area contributed by atoms with Crippen LogP contribution in [0.4, 0.5) is 0 Å². The molecule has 0 unspecified atom stereocenters. The average molecular weight is 289 g/mol. The first-order chi connectivity index (χ1) is 10.3. The first kappa shape index (κ1) is 16.0. The van der Waals surface area contributed by atoms with Crippen LogP contribution >= 0.6 is 0 Å². The summed E-state index contributed by atoms with van der Waals surface area (Å²) in [6.07, 6.45) is 2.46. The normalized spacial score (nSPS) is 15.6. The van der Waals surface area contributed by atoms with Crippen molar-refractivity contribution in [3.8, 4) is 6.07 Å². The molecule has 1 aliphatic rings. The lowest BCUT2D eigenvalue weighted by molar-refractivity contribution is 0.0198. The van der Waals surface area contributed by atoms with E-state index in [0.717, 1.165) is 19.3 Å². The number of rotatable bonds is 9. The summed E-state index contributed by atoms with van der Waals surface area (Å²) in [6.45, 7) is 2.95. The lowest BCUT2D eigenvalue weighted by Crippen LogP contribution is -2.22. The Morgan fingerprint density at radius 3 is 2.14 bits per heavy atom. The Bertz CT molecular complexity index is 456. The van der Waals surface area contributed by atoms with Gasteiger partial charge in [0.05, 0.1) is 37.9 Å². The summed E-state index contributed by atoms with van der Waals surface area (Å²) in [5.41, 5.74) is 2.32. The number of hydrogen-bond donors (Lipinski definition) is 0. The van der Waals surface area contributed by atoms with Crippen LogP contribution in [-0.4, -0.2) is 40.1 Å². The van der Waals surface area contributed by atoms with Gasteiger partial charge >= 0.3 is 0 Å². The van der Waals surface area contributed by atoms with Crippen molar-refractivity contribution < 1.29 is 14.2 Å². The van der Waals surface area contributed by atoms with Crippen LogP contribution in [0.5, 0.6) is 0 Å². The molecule has 2 rings (SSSR count). The third-order valence-corrected chi connectivity index (χ3v) is 3.94. The van der Waals surface area contributed by atoms with Crippen molar-refractivity contribution in [2.45, 2.75) is 19.3 Å². The molecule has 21 heavy (non-hydrogen) atoms. The summed E-state index contributed by atoms with van der Waals surface area (Å²) in [6, 6.07) is 10.8. The van der Waals surface area contributed by atoms with Crippen molar-refractivity contribution in [2.24, 2.45) is 5.41 Å². The van der Waals surface area contributed by atoms with Gasteiger partial charge in [0.25, 0.3) is 0 Å². The van der Waals surface area contributed by atoms with E-state index >= 15 is 0 Å². The predicted octanol–water partition coefficient (Wildman–Crippen LogP) is 2.36. The molecule has 4 heteroatoms. The Labute approximate surface area is 126 Å². The molecule has 0 amide bonds. The molecule has 0 radical (unpaired) electrons. The molecule has 0 fully saturated rings. The van der Waals surface area contributed by atoms with Crippen molar-refractivity contribution in [2.75, 3.05) is 40.1 Å². The van der Waals surface area contributed by atoms with E-state index in [4.69, 9.17) is 14.2 Å². The monoisotopic (exact) mass is 289 g/mol. The minimum Gasteiger partial charge on any atom is -0.382 e. The molecule has 114 valence electrons. The highest BCUT2D eigenvalue weighted by molar-refractivity contribution is 5.36. The van der Waals surface area contributed by atoms with Gasteiger partial charge in [-0.25, -0.2) is 0 Å². The molecule has 0 spiro atoms. The first-order valence-electron chi connectivity index (χ1n) is 7.42. The van der Waals surface area contributed by atoms with E-state index in [1.807, 2.05) is 12.1 Å². The van der Waals surface area contributed by atoms with E-state index in [1.54, 1.807) is 7.11 Å². The van der Waals surface area contributed by atoms with Crippen LogP contribution in [-0.2, 0) is 27.1 Å². The number of hydrogen-bond acceptors (Lipinski definition) is 4. The molecule has 0 N–H and O–H groups in total. The fraction of sp³-hybridized carbons (Fsp3) is 0.588. The van der Waals surface area contributed by atoms with Crippen LogP contribution in [0, 0.1) is 16.7 Å². The van der Waals surface area contributed by atoms with Crippen molar-refractivity contribution in [3.05, 3.63) is 35.4 Å². The summed E-state index contributed by atoms with van der Waals surface area (Å²) in [7, 11) is 1.65. The Balaban J connectivity index is 1.67. The van der Waals surface area contributed by atoms with Crippen LogP contribution < -0.4 is 0 Å². The van der Waals surface area contributed by atoms with Crippen LogP contribution in [0.3, 0.4) is 0 Å². The fourth-order valence-corrected chi connectivity index (χ4v) is 2.74. The Morgan fingerprint density at radius 2 is 1.57 bits per heavy atom. The van der Waals surface area contributed by atoms with E-state index in [0.29, 0.717) is 33.0 Å². The van der Waals surface area contributed by atoms with E-state index in [-0.39, 0.29) is 5.41 Å². The molecule has 0 saturated heterocycles. The second kappa shape index (κ2) is 8.14. The Kier molecular flexibility index (Phi) is 6.19. The van der Waals surface area contributed by atoms with Gasteiger partial charge in [-0.2, -0.15) is 5.26 Å². The number of nitriles is 1. The highest BCUT2D eigenvalue weighted by atomic mass is 16.5. The van der Waals surface area contributed by atoms with Crippen molar-refractivity contribution >= 4 is 0 Å². The number of ether oxygens (including phenoxy) is 3. The van der Waals surface area contributed by atoms with Crippen molar-refractivity contribution in [1.29, 1.82) is 5.26 Å². The third-order valence-electron chi connectivity index (χ3n) is 3.94. The smallest absolute Gasteiger partial charge is 0.0701 e. The van der Waals surface area contributed by atoms with Crippen LogP contribution in [0.2, 0.25) is 0 Å². The van der Waals surface area contributed by atoms with Gasteiger partial charge in [-0.1, -0.05) is 24.3 Å². The number of nitrogens with zero attached hydrogens (tertiary/aromatic N) is 1. The van der Waals surface area contributed by atoms with Gasteiger partial charge in [0.15, 0.2) is 0 Å². The molecule has 0 heterocycles. The average Bonchev–Trinajstić information content (AvgIpc) is 2.89. The largest absolute Gasteiger partial charge is 0.382 e. The quantitative estimate of drug-likeness (QED) is 0.655. The zero-order valence-electron chi connectivity index (χ0n) is 12.6. The molecule has 1 aromatic rings. The number of fused-ring (bicyclic) bond motifs is 1. The third kappa shape index (κ3) is 4.53. The molecular formula is C17H23NO3. The minimum absolute atomic E-state index is 0.291. The molecule has 0 aliphatic heterocycles. The van der Waals surface area contributed by atoms with Gasteiger partial charge in [-0.05, 0) is 30.4 Å². The van der Waals surface area contributed by atoms with Crippen LogP contribution in [0.25, 0.3) is 0 Å². The summed E-state index contributed by atoms with van der Waals surface area (Å²) in [4.78, 5) is 0. The van der Waals surface area contributed by atoms with Crippen molar-refractivity contribution in [1.82, 2.24) is 0 Å². The van der Waals surface area contributed by atoms with E-state index in [9.17, 15) is 5.26 Å². The van der Waals surface area contributed by atoms with Gasteiger partial charge in [-0.15, -0.1) is 0 Å². The molecule has 0 aromatic heterocycles. The van der Waals surface area contributed by atoms with Gasteiger partial charge in [0.1, 0.15) is 0 Å². The van der Waals surface area contributed by atoms with Crippen LogP contribution in [0.15, 0.2) is 24.3 Å². The summed E-state index contributed by atoms with van der Waals surface area (Å²) in [5, 5.41) is 9.54. The molecule has 0 atom stereocenters. The molecular weight excluding hydrogens is 266 g/mol. The minimum atomic E-state index is -0.291. The Hall–Kier alpha value is -1.41. The van der Waals surface area contributed by atoms with Gasteiger partial charge in [0, 0.05) is 13.7 Å². The lowest BCUT2D eigenvalue weighted by Gasteiger charge is -2.19. The molecule has 1 aliphatic carbocycles. The van der Waals surface area contributed by atoms with Gasteiger partial charge < -0.3 is 14.2 Å². The second-order valence-electron chi connectivity index (χ2n) is 5.48. The standard InChI is InChI=1S/C17H23NO3/c1-19-8-9-21-11-10-20-7-6-17(14-18)12-15-4-2-3-5-16(15)13-17/h2-5H,6-13H2,1H3. The number of benzene rings is 1. The highest BCUT2D eigenvalue weighted by Crippen LogP contribution is 2.39. The van der Waals surface area contributed by atoms with E-state index in [1.165, 1.54) is 11.1 Å². The van der Waals surface area contributed by atoms with E-state index < -0.39 is 0 Å². The fourth-order valence-electron chi connectivity index (χ4n) is 2.74. The maximum absolute atomic E-state index is 9.54. The zero-order valence-corrected chi connectivity index (χ0v) is 12.6. The molecule has 1 aromatic carbocycles. The van der Waals surface area contributed by atoms with Crippen molar-refractivity contribution in [3.63, 3.8) is 0 Å². The zero-order chi connectivity index (χ0) is 15.0. The summed E-state index contributed by atoms with van der Waals surface area (Å²) < 4.78 is 15.8. The first-order valence-corrected chi connectivity index (χ1v) is 7.42.